The topological polar surface area (TPSA) is 91.4 Å². The first-order valence-electron chi connectivity index (χ1n) is 8.77. The minimum atomic E-state index is -3.55. The van der Waals surface area contributed by atoms with Gasteiger partial charge in [-0.3, -0.25) is 15.6 Å². The molecule has 1 amide bonds. The van der Waals surface area contributed by atoms with Gasteiger partial charge < -0.3 is 0 Å². The number of sulfonamides is 1. The summed E-state index contributed by atoms with van der Waals surface area (Å²) in [5, 5.41) is 0.186. The zero-order valence-corrected chi connectivity index (χ0v) is 16.6. The summed E-state index contributed by atoms with van der Waals surface area (Å²) in [6, 6.07) is 7.49. The quantitative estimate of drug-likeness (QED) is 0.598. The number of amides is 1. The number of nitrogens with zero attached hydrogens (tertiary/aromatic N) is 2. The average molecular weight is 438 g/mol. The third-order valence-corrected chi connectivity index (χ3v) is 7.35. The standard InChI is InChI=1S/C18H16F2N4O3S2/c19-12-9-14(20)16-15(10-12)28-18(21-16)23-22-17(25)11-3-5-13(6-4-11)29(26,27)24-7-1-2-8-24/h3-6,9-10H,1-2,7-8H2,(H,21,23)(H,22,25). The average Bonchev–Trinajstić information content (AvgIpc) is 3.36. The van der Waals surface area contributed by atoms with Gasteiger partial charge in [-0.2, -0.15) is 4.31 Å². The molecule has 0 atom stereocenters. The summed E-state index contributed by atoms with van der Waals surface area (Å²) in [6.45, 7) is 1.00. The van der Waals surface area contributed by atoms with Crippen LogP contribution in [0.3, 0.4) is 0 Å². The van der Waals surface area contributed by atoms with Crippen molar-refractivity contribution in [3.63, 3.8) is 0 Å². The second-order valence-electron chi connectivity index (χ2n) is 6.47. The van der Waals surface area contributed by atoms with Gasteiger partial charge in [0, 0.05) is 24.7 Å². The summed E-state index contributed by atoms with van der Waals surface area (Å²) < 4.78 is 53.7. The van der Waals surface area contributed by atoms with E-state index in [0.717, 1.165) is 36.3 Å². The van der Waals surface area contributed by atoms with Crippen LogP contribution in [0.25, 0.3) is 10.2 Å². The lowest BCUT2D eigenvalue weighted by Crippen LogP contribution is -2.30. The van der Waals surface area contributed by atoms with Gasteiger partial charge in [-0.25, -0.2) is 22.2 Å². The Kier molecular flexibility index (Phi) is 5.19. The van der Waals surface area contributed by atoms with Crippen LogP contribution in [-0.4, -0.2) is 36.7 Å². The zero-order chi connectivity index (χ0) is 20.6. The third-order valence-electron chi connectivity index (χ3n) is 4.52. The van der Waals surface area contributed by atoms with Crippen molar-refractivity contribution in [2.24, 2.45) is 0 Å². The van der Waals surface area contributed by atoms with Gasteiger partial charge >= 0.3 is 0 Å². The molecule has 0 bridgehead atoms. The predicted molar refractivity (Wildman–Crippen MR) is 105 cm³/mol. The largest absolute Gasteiger partial charge is 0.273 e. The van der Waals surface area contributed by atoms with E-state index in [4.69, 9.17) is 0 Å². The van der Waals surface area contributed by atoms with Crippen LogP contribution in [0.15, 0.2) is 41.3 Å². The number of aromatic nitrogens is 1. The number of nitrogens with one attached hydrogen (secondary N) is 2. The molecule has 1 aliphatic rings. The van der Waals surface area contributed by atoms with Gasteiger partial charge in [-0.1, -0.05) is 11.3 Å². The van der Waals surface area contributed by atoms with E-state index >= 15 is 0 Å². The lowest BCUT2D eigenvalue weighted by atomic mass is 10.2. The van der Waals surface area contributed by atoms with Crippen molar-refractivity contribution in [3.05, 3.63) is 53.6 Å². The first-order valence-corrected chi connectivity index (χ1v) is 11.0. The number of carbonyl (C=O) groups is 1. The number of halogens is 2. The van der Waals surface area contributed by atoms with Crippen LogP contribution >= 0.6 is 11.3 Å². The Bertz CT molecular complexity index is 1170. The molecular formula is C18H16F2N4O3S2. The van der Waals surface area contributed by atoms with Crippen LogP contribution in [0.4, 0.5) is 13.9 Å². The van der Waals surface area contributed by atoms with E-state index in [9.17, 15) is 22.0 Å². The van der Waals surface area contributed by atoms with E-state index in [-0.39, 0.29) is 21.1 Å². The molecule has 0 radical (unpaired) electrons. The first kappa shape index (κ1) is 19.7. The Morgan fingerprint density at radius 2 is 1.79 bits per heavy atom. The normalized spacial score (nSPS) is 15.0. The summed E-state index contributed by atoms with van der Waals surface area (Å²) in [5.41, 5.74) is 5.20. The Hall–Kier alpha value is -2.63. The Balaban J connectivity index is 1.44. The lowest BCUT2D eigenvalue weighted by Gasteiger charge is -2.15. The predicted octanol–water partition coefficient (Wildman–Crippen LogP) is 3.12. The number of carbonyl (C=O) groups excluding carboxylic acids is 1. The number of hydrogen-bond donors (Lipinski definition) is 2. The van der Waals surface area contributed by atoms with Crippen LogP contribution in [-0.2, 0) is 10.0 Å². The number of thiazole rings is 1. The van der Waals surface area contributed by atoms with Gasteiger partial charge in [0.25, 0.3) is 5.91 Å². The molecule has 1 aromatic heterocycles. The highest BCUT2D eigenvalue weighted by Crippen LogP contribution is 2.28. The number of benzene rings is 2. The molecule has 11 heteroatoms. The highest BCUT2D eigenvalue weighted by Gasteiger charge is 2.27. The second-order valence-corrected chi connectivity index (χ2v) is 9.44. The summed E-state index contributed by atoms with van der Waals surface area (Å²) in [7, 11) is -3.55. The minimum absolute atomic E-state index is 0.00428. The molecule has 0 spiro atoms. The Morgan fingerprint density at radius 3 is 2.48 bits per heavy atom. The highest BCUT2D eigenvalue weighted by molar-refractivity contribution is 7.89. The van der Waals surface area contributed by atoms with Crippen molar-refractivity contribution in [3.8, 4) is 0 Å². The van der Waals surface area contributed by atoms with Crippen molar-refractivity contribution in [1.82, 2.24) is 14.7 Å². The summed E-state index contributed by atoms with van der Waals surface area (Å²) in [4.78, 5) is 16.4. The van der Waals surface area contributed by atoms with E-state index in [1.165, 1.54) is 28.6 Å². The molecule has 0 aliphatic carbocycles. The second kappa shape index (κ2) is 7.65. The Morgan fingerprint density at radius 1 is 1.10 bits per heavy atom. The maximum Gasteiger partial charge on any atom is 0.269 e. The SMILES string of the molecule is O=C(NNc1nc2c(F)cc(F)cc2s1)c1ccc(S(=O)(=O)N2CCCC2)cc1. The molecular weight excluding hydrogens is 422 g/mol. The van der Waals surface area contributed by atoms with E-state index < -0.39 is 27.6 Å². The molecule has 2 heterocycles. The minimum Gasteiger partial charge on any atom is -0.273 e. The number of hydrogen-bond acceptors (Lipinski definition) is 6. The molecule has 0 saturated carbocycles. The maximum atomic E-state index is 13.7. The fraction of sp³-hybridized carbons (Fsp3) is 0.222. The zero-order valence-electron chi connectivity index (χ0n) is 15.0. The van der Waals surface area contributed by atoms with E-state index in [2.05, 4.69) is 15.8 Å². The lowest BCUT2D eigenvalue weighted by molar-refractivity contribution is 0.0962. The van der Waals surface area contributed by atoms with E-state index in [1.54, 1.807) is 0 Å². The molecule has 4 rings (SSSR count). The van der Waals surface area contributed by atoms with Crippen LogP contribution < -0.4 is 10.9 Å². The first-order chi connectivity index (χ1) is 13.8. The van der Waals surface area contributed by atoms with E-state index in [0.29, 0.717) is 17.8 Å². The molecule has 29 heavy (non-hydrogen) atoms. The Labute approximate surface area is 169 Å². The molecule has 2 N–H and O–H groups in total. The third kappa shape index (κ3) is 3.93. The summed E-state index contributed by atoms with van der Waals surface area (Å²) in [6.07, 6.45) is 1.68. The number of fused-ring (bicyclic) bond motifs is 1. The summed E-state index contributed by atoms with van der Waals surface area (Å²) in [5.74, 6) is -2.02. The van der Waals surface area contributed by atoms with Crippen LogP contribution in [0.2, 0.25) is 0 Å². The van der Waals surface area contributed by atoms with Crippen LogP contribution in [0, 0.1) is 11.6 Å². The van der Waals surface area contributed by atoms with Crippen molar-refractivity contribution < 1.29 is 22.0 Å². The molecule has 0 unspecified atom stereocenters. The number of hydrazine groups is 1. The molecule has 1 saturated heterocycles. The van der Waals surface area contributed by atoms with Gasteiger partial charge in [-0.05, 0) is 43.2 Å². The van der Waals surface area contributed by atoms with Gasteiger partial charge in [0.1, 0.15) is 11.3 Å². The van der Waals surface area contributed by atoms with Gasteiger partial charge in [0.2, 0.25) is 15.2 Å². The van der Waals surface area contributed by atoms with Crippen LogP contribution in [0.5, 0.6) is 0 Å². The molecule has 7 nitrogen and oxygen atoms in total. The van der Waals surface area contributed by atoms with Gasteiger partial charge in [0.15, 0.2) is 5.82 Å². The molecule has 1 fully saturated rings. The van der Waals surface area contributed by atoms with Gasteiger partial charge in [-0.15, -0.1) is 0 Å². The maximum absolute atomic E-state index is 13.7. The number of rotatable bonds is 5. The summed E-state index contributed by atoms with van der Waals surface area (Å²) >= 11 is 0.981. The fourth-order valence-electron chi connectivity index (χ4n) is 3.05. The van der Waals surface area contributed by atoms with Crippen molar-refractivity contribution in [1.29, 1.82) is 0 Å². The molecule has 2 aromatic carbocycles. The smallest absolute Gasteiger partial charge is 0.269 e. The van der Waals surface area contributed by atoms with Crippen molar-refractivity contribution >= 4 is 42.6 Å². The molecule has 1 aliphatic heterocycles. The van der Waals surface area contributed by atoms with Gasteiger partial charge in [0.05, 0.1) is 9.60 Å². The molecule has 152 valence electrons. The molecule has 3 aromatic rings. The van der Waals surface area contributed by atoms with Crippen molar-refractivity contribution in [2.45, 2.75) is 17.7 Å². The highest BCUT2D eigenvalue weighted by atomic mass is 32.2. The van der Waals surface area contributed by atoms with Crippen molar-refractivity contribution in [2.75, 3.05) is 18.5 Å². The monoisotopic (exact) mass is 438 g/mol. The fourth-order valence-corrected chi connectivity index (χ4v) is 5.42. The number of anilines is 1. The van der Waals surface area contributed by atoms with E-state index in [1.807, 2.05) is 0 Å². The van der Waals surface area contributed by atoms with Crippen LogP contribution in [0.1, 0.15) is 23.2 Å².